The molecule has 0 atom stereocenters. The number of aromatic nitrogens is 2. The fourth-order valence-electron chi connectivity index (χ4n) is 2.07. The van der Waals surface area contributed by atoms with Gasteiger partial charge in [0.1, 0.15) is 6.54 Å². The van der Waals surface area contributed by atoms with Crippen LogP contribution in [0, 0.1) is 6.92 Å². The minimum absolute atomic E-state index is 0.114. The summed E-state index contributed by atoms with van der Waals surface area (Å²) in [7, 11) is 0. The molecule has 2 aromatic heterocycles. The number of esters is 1. The van der Waals surface area contributed by atoms with Crippen LogP contribution >= 0.6 is 11.3 Å². The zero-order chi connectivity index (χ0) is 17.8. The summed E-state index contributed by atoms with van der Waals surface area (Å²) in [5.41, 5.74) is 0.620. The standard InChI is InChI=1S/C17H14N2O5S/c1-11-7-8-14(25-11)13(20)10-23-15(21)9-19-17(22)24-16(18-19)12-5-3-2-4-6-12/h2-8H,9-10H2,1H3. The van der Waals surface area contributed by atoms with Crippen LogP contribution in [0.4, 0.5) is 0 Å². The molecule has 0 spiro atoms. The lowest BCUT2D eigenvalue weighted by molar-refractivity contribution is -0.143. The van der Waals surface area contributed by atoms with E-state index >= 15 is 0 Å². The van der Waals surface area contributed by atoms with Gasteiger partial charge in [-0.2, -0.15) is 4.68 Å². The lowest BCUT2D eigenvalue weighted by atomic mass is 10.2. The summed E-state index contributed by atoms with van der Waals surface area (Å²) >= 11 is 1.33. The van der Waals surface area contributed by atoms with Crippen molar-refractivity contribution in [2.75, 3.05) is 6.61 Å². The first-order valence-corrected chi connectivity index (χ1v) is 8.23. The lowest BCUT2D eigenvalue weighted by Crippen LogP contribution is -2.24. The van der Waals surface area contributed by atoms with Gasteiger partial charge in [-0.25, -0.2) is 4.79 Å². The maximum Gasteiger partial charge on any atom is 0.437 e. The van der Waals surface area contributed by atoms with Gasteiger partial charge >= 0.3 is 11.7 Å². The Morgan fingerprint density at radius 2 is 1.96 bits per heavy atom. The summed E-state index contributed by atoms with van der Waals surface area (Å²) in [6.45, 7) is 1.08. The Morgan fingerprint density at radius 1 is 1.20 bits per heavy atom. The number of aryl methyl sites for hydroxylation is 1. The van der Waals surface area contributed by atoms with E-state index in [2.05, 4.69) is 5.10 Å². The highest BCUT2D eigenvalue weighted by Gasteiger charge is 2.16. The number of carbonyl (C=O) groups is 2. The number of thiophene rings is 1. The van der Waals surface area contributed by atoms with Gasteiger partial charge in [0.2, 0.25) is 11.7 Å². The highest BCUT2D eigenvalue weighted by Crippen LogP contribution is 2.16. The predicted octanol–water partition coefficient (Wildman–Crippen LogP) is 2.30. The number of rotatable bonds is 6. The normalized spacial score (nSPS) is 10.6. The van der Waals surface area contributed by atoms with Crippen LogP contribution in [0.15, 0.2) is 51.7 Å². The van der Waals surface area contributed by atoms with Crippen LogP contribution in [-0.2, 0) is 16.1 Å². The summed E-state index contributed by atoms with van der Waals surface area (Å²) < 4.78 is 10.8. The van der Waals surface area contributed by atoms with E-state index in [0.29, 0.717) is 10.4 Å². The number of ketones is 1. The molecule has 7 nitrogen and oxygen atoms in total. The molecule has 8 heteroatoms. The van der Waals surface area contributed by atoms with E-state index in [9.17, 15) is 14.4 Å². The molecule has 1 aromatic carbocycles. The Bertz CT molecular complexity index is 955. The Balaban J connectivity index is 1.61. The van der Waals surface area contributed by atoms with Crippen molar-refractivity contribution in [1.82, 2.24) is 9.78 Å². The second-order valence-electron chi connectivity index (χ2n) is 5.19. The van der Waals surface area contributed by atoms with Crippen molar-refractivity contribution >= 4 is 23.1 Å². The van der Waals surface area contributed by atoms with Crippen molar-refractivity contribution in [1.29, 1.82) is 0 Å². The van der Waals surface area contributed by atoms with Gasteiger partial charge in [0.25, 0.3) is 0 Å². The molecule has 0 bridgehead atoms. The second kappa shape index (κ2) is 7.27. The molecule has 0 N–H and O–H groups in total. The molecule has 0 saturated carbocycles. The second-order valence-corrected chi connectivity index (χ2v) is 6.48. The first-order chi connectivity index (χ1) is 12.0. The Morgan fingerprint density at radius 3 is 2.64 bits per heavy atom. The molecule has 2 heterocycles. The van der Waals surface area contributed by atoms with Gasteiger partial charge in [-0.15, -0.1) is 16.4 Å². The van der Waals surface area contributed by atoms with Crippen LogP contribution in [0.25, 0.3) is 11.5 Å². The summed E-state index contributed by atoms with van der Waals surface area (Å²) in [5.74, 6) is -1.68. The van der Waals surface area contributed by atoms with E-state index in [-0.39, 0.29) is 18.3 Å². The highest BCUT2D eigenvalue weighted by molar-refractivity contribution is 7.14. The Hall–Kier alpha value is -3.00. The van der Waals surface area contributed by atoms with Crippen molar-refractivity contribution in [2.45, 2.75) is 13.5 Å². The van der Waals surface area contributed by atoms with Crippen molar-refractivity contribution in [3.8, 4) is 11.5 Å². The van der Waals surface area contributed by atoms with Gasteiger partial charge in [-0.3, -0.25) is 9.59 Å². The highest BCUT2D eigenvalue weighted by atomic mass is 32.1. The fraction of sp³-hybridized carbons (Fsp3) is 0.176. The lowest BCUT2D eigenvalue weighted by Gasteiger charge is -2.02. The zero-order valence-corrected chi connectivity index (χ0v) is 14.1. The minimum Gasteiger partial charge on any atom is -0.456 e. The van der Waals surface area contributed by atoms with Crippen LogP contribution in [0.2, 0.25) is 0 Å². The topological polar surface area (TPSA) is 91.4 Å². The van der Waals surface area contributed by atoms with Crippen LogP contribution < -0.4 is 5.76 Å². The smallest absolute Gasteiger partial charge is 0.437 e. The van der Waals surface area contributed by atoms with E-state index in [1.807, 2.05) is 19.1 Å². The summed E-state index contributed by atoms with van der Waals surface area (Å²) in [6, 6.07) is 12.3. The van der Waals surface area contributed by atoms with Crippen molar-refractivity contribution in [2.24, 2.45) is 0 Å². The van der Waals surface area contributed by atoms with Crippen LogP contribution in [-0.4, -0.2) is 28.1 Å². The molecule has 0 aliphatic carbocycles. The molecule has 0 unspecified atom stereocenters. The van der Waals surface area contributed by atoms with Gasteiger partial charge in [-0.05, 0) is 31.2 Å². The quantitative estimate of drug-likeness (QED) is 0.496. The number of carbonyl (C=O) groups excluding carboxylic acids is 2. The maximum absolute atomic E-state index is 11.9. The third kappa shape index (κ3) is 4.10. The molecule has 0 aliphatic heterocycles. The molecule has 3 rings (SSSR count). The van der Waals surface area contributed by atoms with Crippen molar-refractivity contribution in [3.05, 3.63) is 62.8 Å². The van der Waals surface area contributed by atoms with E-state index in [1.165, 1.54) is 11.3 Å². The zero-order valence-electron chi connectivity index (χ0n) is 13.3. The third-order valence-electron chi connectivity index (χ3n) is 3.29. The van der Waals surface area contributed by atoms with Crippen LogP contribution in [0.3, 0.4) is 0 Å². The third-order valence-corrected chi connectivity index (χ3v) is 4.33. The summed E-state index contributed by atoms with van der Waals surface area (Å²) in [5, 5.41) is 3.96. The van der Waals surface area contributed by atoms with E-state index in [0.717, 1.165) is 9.56 Å². The first-order valence-electron chi connectivity index (χ1n) is 7.41. The van der Waals surface area contributed by atoms with Gasteiger partial charge in [0, 0.05) is 10.4 Å². The molecule has 0 aliphatic rings. The molecule has 0 fully saturated rings. The van der Waals surface area contributed by atoms with Gasteiger partial charge in [0.05, 0.1) is 4.88 Å². The minimum atomic E-state index is -0.768. The van der Waals surface area contributed by atoms with Crippen LogP contribution in [0.5, 0.6) is 0 Å². The fourth-order valence-corrected chi connectivity index (χ4v) is 2.86. The molecule has 0 amide bonds. The van der Waals surface area contributed by atoms with Crippen LogP contribution in [0.1, 0.15) is 14.5 Å². The molecular formula is C17H14N2O5S. The molecule has 128 valence electrons. The number of benzene rings is 1. The van der Waals surface area contributed by atoms with E-state index < -0.39 is 18.3 Å². The average Bonchev–Trinajstić information content (AvgIpc) is 3.20. The van der Waals surface area contributed by atoms with Gasteiger partial charge < -0.3 is 9.15 Å². The summed E-state index contributed by atoms with van der Waals surface area (Å²) in [4.78, 5) is 37.0. The number of hydrogen-bond donors (Lipinski definition) is 0. The van der Waals surface area contributed by atoms with E-state index in [1.54, 1.807) is 30.3 Å². The average molecular weight is 358 g/mol. The van der Waals surface area contributed by atoms with Crippen molar-refractivity contribution in [3.63, 3.8) is 0 Å². The van der Waals surface area contributed by atoms with Crippen molar-refractivity contribution < 1.29 is 18.7 Å². The first kappa shape index (κ1) is 16.8. The number of Topliss-reactive ketones (excluding diaryl/α,β-unsaturated/α-hetero) is 1. The number of ether oxygens (including phenoxy) is 1. The molecule has 0 saturated heterocycles. The molecule has 25 heavy (non-hydrogen) atoms. The number of hydrogen-bond acceptors (Lipinski definition) is 7. The van der Waals surface area contributed by atoms with Gasteiger partial charge in [0.15, 0.2) is 6.61 Å². The monoisotopic (exact) mass is 358 g/mol. The van der Waals surface area contributed by atoms with E-state index in [4.69, 9.17) is 9.15 Å². The largest absolute Gasteiger partial charge is 0.456 e. The Kier molecular flexibility index (Phi) is 4.90. The maximum atomic E-state index is 11.9. The Labute approximate surface area is 146 Å². The van der Waals surface area contributed by atoms with Gasteiger partial charge in [-0.1, -0.05) is 18.2 Å². The molecule has 3 aromatic rings. The molecule has 0 radical (unpaired) electrons. The SMILES string of the molecule is Cc1ccc(C(=O)COC(=O)Cn2nc(-c3ccccc3)oc2=O)s1. The number of nitrogens with zero attached hydrogens (tertiary/aromatic N) is 2. The molecular weight excluding hydrogens is 344 g/mol. The summed E-state index contributed by atoms with van der Waals surface area (Å²) in [6.07, 6.45) is 0. The predicted molar refractivity (Wildman–Crippen MR) is 90.5 cm³/mol.